The van der Waals surface area contributed by atoms with E-state index in [1.165, 1.54) is 0 Å². The topological polar surface area (TPSA) is 64.0 Å². The van der Waals surface area contributed by atoms with Crippen LogP contribution in [-0.4, -0.2) is 45.9 Å². The van der Waals surface area contributed by atoms with Crippen molar-refractivity contribution in [1.29, 1.82) is 5.26 Å². The Morgan fingerprint density at radius 2 is 1.35 bits per heavy atom. The van der Waals surface area contributed by atoms with E-state index < -0.39 is 0 Å². The van der Waals surface area contributed by atoms with Gasteiger partial charge in [-0.1, -0.05) is 0 Å². The molecule has 0 bridgehead atoms. The predicted molar refractivity (Wildman–Crippen MR) is 124 cm³/mol. The summed E-state index contributed by atoms with van der Waals surface area (Å²) in [6, 6.07) is 10.4. The first kappa shape index (κ1) is 21.5. The molecule has 4 rings (SSSR count). The van der Waals surface area contributed by atoms with E-state index in [0.29, 0.717) is 29.5 Å². The molecule has 7 heteroatoms. The lowest BCUT2D eigenvalue weighted by Crippen LogP contribution is -2.27. The minimum absolute atomic E-state index is 0.0665. The summed E-state index contributed by atoms with van der Waals surface area (Å²) >= 11 is 3.87. The Labute approximate surface area is 190 Å². The fraction of sp³-hybridized carbons (Fsp3) is 0.375. The van der Waals surface area contributed by atoms with Crippen LogP contribution in [0.5, 0.6) is 23.0 Å². The average Bonchev–Trinajstić information content (AvgIpc) is 3.27. The second-order valence-electron chi connectivity index (χ2n) is 7.56. The number of hydrogen-bond acceptors (Lipinski definition) is 6. The SMILES string of the molecule is COc1cc2c(Br)c(CN3CCC[C@H]3C#N)c3cc(OC)c(OC)cc3c2cc1OC. The standard InChI is InChI=1S/C24H25BrN2O4/c1-28-20-8-15-16-9-21(29-2)23(31-4)11-18(16)24(25)19(17(15)10-22(20)30-3)13-27-7-5-6-14(27)12-26/h8-11,14H,5-7,13H2,1-4H3/t14-/m0/s1. The van der Waals surface area contributed by atoms with Gasteiger partial charge in [-0.25, -0.2) is 0 Å². The molecule has 1 heterocycles. The molecular formula is C24H25BrN2O4. The Bertz CT molecular complexity index is 1190. The zero-order valence-electron chi connectivity index (χ0n) is 18.1. The minimum Gasteiger partial charge on any atom is -0.493 e. The van der Waals surface area contributed by atoms with Gasteiger partial charge in [-0.05, 0) is 81.3 Å². The molecule has 0 amide bonds. The fourth-order valence-corrected chi connectivity index (χ4v) is 5.10. The summed E-state index contributed by atoms with van der Waals surface area (Å²) in [4.78, 5) is 2.24. The number of benzene rings is 3. The molecule has 1 saturated heterocycles. The maximum absolute atomic E-state index is 9.57. The van der Waals surface area contributed by atoms with Crippen LogP contribution in [-0.2, 0) is 6.54 Å². The maximum Gasteiger partial charge on any atom is 0.161 e. The molecule has 1 aliphatic rings. The highest BCUT2D eigenvalue weighted by atomic mass is 79.9. The van der Waals surface area contributed by atoms with E-state index in [0.717, 1.165) is 51.0 Å². The number of nitrogens with zero attached hydrogens (tertiary/aromatic N) is 2. The second-order valence-corrected chi connectivity index (χ2v) is 8.35. The Kier molecular flexibility index (Phi) is 6.12. The van der Waals surface area contributed by atoms with E-state index in [9.17, 15) is 5.26 Å². The number of rotatable bonds is 6. The van der Waals surface area contributed by atoms with E-state index in [1.54, 1.807) is 28.4 Å². The van der Waals surface area contributed by atoms with Crippen molar-refractivity contribution in [3.8, 4) is 29.1 Å². The molecule has 1 fully saturated rings. The lowest BCUT2D eigenvalue weighted by Gasteiger charge is -2.23. The Balaban J connectivity index is 2.06. The van der Waals surface area contributed by atoms with Gasteiger partial charge in [0.2, 0.25) is 0 Å². The molecule has 162 valence electrons. The summed E-state index contributed by atoms with van der Waals surface area (Å²) in [6.07, 6.45) is 1.94. The number of hydrogen-bond donors (Lipinski definition) is 0. The van der Waals surface area contributed by atoms with Crippen molar-refractivity contribution in [2.45, 2.75) is 25.4 Å². The van der Waals surface area contributed by atoms with Crippen LogP contribution in [0.1, 0.15) is 18.4 Å². The molecule has 6 nitrogen and oxygen atoms in total. The lowest BCUT2D eigenvalue weighted by molar-refractivity contribution is 0.287. The van der Waals surface area contributed by atoms with Gasteiger partial charge in [-0.15, -0.1) is 0 Å². The zero-order valence-corrected chi connectivity index (χ0v) is 19.7. The zero-order chi connectivity index (χ0) is 22.1. The van der Waals surface area contributed by atoms with Crippen LogP contribution in [0.3, 0.4) is 0 Å². The molecule has 3 aromatic carbocycles. The summed E-state index contributed by atoms with van der Waals surface area (Å²) in [5.74, 6) is 2.66. The molecule has 3 aromatic rings. The number of nitriles is 1. The van der Waals surface area contributed by atoms with Crippen molar-refractivity contribution < 1.29 is 18.9 Å². The monoisotopic (exact) mass is 484 g/mol. The summed E-state index contributed by atoms with van der Waals surface area (Å²) in [6.45, 7) is 1.57. The van der Waals surface area contributed by atoms with Crippen molar-refractivity contribution in [2.75, 3.05) is 35.0 Å². The number of likely N-dealkylation sites (tertiary alicyclic amines) is 1. The number of methoxy groups -OCH3 is 4. The molecule has 0 aromatic heterocycles. The molecule has 0 radical (unpaired) electrons. The van der Waals surface area contributed by atoms with Crippen molar-refractivity contribution >= 4 is 37.5 Å². The number of ether oxygens (including phenoxy) is 4. The van der Waals surface area contributed by atoms with Crippen molar-refractivity contribution in [3.05, 3.63) is 34.3 Å². The molecule has 1 atom stereocenters. The highest BCUT2D eigenvalue weighted by Crippen LogP contribution is 2.45. The summed E-state index contributed by atoms with van der Waals surface area (Å²) < 4.78 is 23.3. The molecule has 0 saturated carbocycles. The lowest BCUT2D eigenvalue weighted by atomic mass is 9.95. The van der Waals surface area contributed by atoms with E-state index >= 15 is 0 Å². The van der Waals surface area contributed by atoms with Gasteiger partial charge in [0, 0.05) is 16.4 Å². The van der Waals surface area contributed by atoms with Gasteiger partial charge in [0.15, 0.2) is 23.0 Å². The summed E-state index contributed by atoms with van der Waals surface area (Å²) in [5, 5.41) is 13.7. The van der Waals surface area contributed by atoms with E-state index in [-0.39, 0.29) is 6.04 Å². The minimum atomic E-state index is -0.0665. The maximum atomic E-state index is 9.57. The summed E-state index contributed by atoms with van der Waals surface area (Å²) in [5.41, 5.74) is 1.11. The Hall–Kier alpha value is -2.69. The van der Waals surface area contributed by atoms with Crippen LogP contribution in [0.25, 0.3) is 21.5 Å². The highest BCUT2D eigenvalue weighted by molar-refractivity contribution is 9.10. The van der Waals surface area contributed by atoms with E-state index in [1.807, 2.05) is 24.3 Å². The van der Waals surface area contributed by atoms with E-state index in [4.69, 9.17) is 18.9 Å². The summed E-state index contributed by atoms with van der Waals surface area (Å²) in [7, 11) is 6.54. The first-order valence-electron chi connectivity index (χ1n) is 10.1. The quantitative estimate of drug-likeness (QED) is 0.443. The molecule has 0 spiro atoms. The van der Waals surface area contributed by atoms with Gasteiger partial charge in [-0.2, -0.15) is 5.26 Å². The number of halogens is 1. The van der Waals surface area contributed by atoms with Gasteiger partial charge in [-0.3, -0.25) is 4.90 Å². The van der Waals surface area contributed by atoms with Gasteiger partial charge >= 0.3 is 0 Å². The average molecular weight is 485 g/mol. The third-order valence-corrected chi connectivity index (χ3v) is 6.94. The molecule has 0 N–H and O–H groups in total. The normalized spacial score (nSPS) is 16.5. The largest absolute Gasteiger partial charge is 0.493 e. The third kappa shape index (κ3) is 3.64. The molecule has 31 heavy (non-hydrogen) atoms. The first-order valence-corrected chi connectivity index (χ1v) is 10.9. The number of fused-ring (bicyclic) bond motifs is 3. The molecule has 0 aliphatic carbocycles. The fourth-order valence-electron chi connectivity index (χ4n) is 4.43. The van der Waals surface area contributed by atoms with Crippen LogP contribution in [0, 0.1) is 11.3 Å². The smallest absolute Gasteiger partial charge is 0.161 e. The van der Waals surface area contributed by atoms with Crippen molar-refractivity contribution in [2.24, 2.45) is 0 Å². The first-order chi connectivity index (χ1) is 15.1. The molecule has 1 aliphatic heterocycles. The Morgan fingerprint density at radius 3 is 1.87 bits per heavy atom. The predicted octanol–water partition coefficient (Wildman–Crippen LogP) is 5.28. The van der Waals surface area contributed by atoms with E-state index in [2.05, 4.69) is 26.9 Å². The van der Waals surface area contributed by atoms with Crippen LogP contribution < -0.4 is 18.9 Å². The van der Waals surface area contributed by atoms with Gasteiger partial charge in [0.1, 0.15) is 0 Å². The highest BCUT2D eigenvalue weighted by Gasteiger charge is 2.27. The molecular weight excluding hydrogens is 460 g/mol. The van der Waals surface area contributed by atoms with Crippen LogP contribution in [0.2, 0.25) is 0 Å². The van der Waals surface area contributed by atoms with Crippen LogP contribution >= 0.6 is 15.9 Å². The third-order valence-electron chi connectivity index (χ3n) is 6.04. The molecule has 0 unspecified atom stereocenters. The van der Waals surface area contributed by atoms with Crippen molar-refractivity contribution in [1.82, 2.24) is 4.90 Å². The second kappa shape index (κ2) is 8.81. The Morgan fingerprint density at radius 1 is 0.871 bits per heavy atom. The van der Waals surface area contributed by atoms with Gasteiger partial charge in [0.05, 0.1) is 40.6 Å². The van der Waals surface area contributed by atoms with Gasteiger partial charge in [0.25, 0.3) is 0 Å². The van der Waals surface area contributed by atoms with Crippen molar-refractivity contribution in [3.63, 3.8) is 0 Å². The van der Waals surface area contributed by atoms with Gasteiger partial charge < -0.3 is 18.9 Å². The van der Waals surface area contributed by atoms with Crippen LogP contribution in [0.15, 0.2) is 28.7 Å². The van der Waals surface area contributed by atoms with Crippen LogP contribution in [0.4, 0.5) is 0 Å².